The average Bonchev–Trinajstić information content (AvgIpc) is 2.58. The van der Waals surface area contributed by atoms with E-state index in [1.54, 1.807) is 12.1 Å². The quantitative estimate of drug-likeness (QED) is 0.596. The van der Waals surface area contributed by atoms with E-state index in [-0.39, 0.29) is 11.5 Å². The van der Waals surface area contributed by atoms with Crippen molar-refractivity contribution in [1.82, 2.24) is 0 Å². The van der Waals surface area contributed by atoms with Crippen LogP contribution in [0.5, 0.6) is 11.5 Å². The smallest absolute Gasteiger partial charge is 0.162 e. The fourth-order valence-electron chi connectivity index (χ4n) is 2.21. The molecule has 1 aliphatic carbocycles. The first kappa shape index (κ1) is 9.34. The first-order valence-corrected chi connectivity index (χ1v) is 4.94. The van der Waals surface area contributed by atoms with Crippen molar-refractivity contribution in [3.63, 3.8) is 0 Å². The third kappa shape index (κ3) is 1.34. The van der Waals surface area contributed by atoms with Gasteiger partial charge in [-0.1, -0.05) is 25.0 Å². The summed E-state index contributed by atoms with van der Waals surface area (Å²) in [5.74, 6) is -0.142. The van der Waals surface area contributed by atoms with Gasteiger partial charge in [0.05, 0.1) is 0 Å². The molecule has 3 heteroatoms. The largest absolute Gasteiger partial charge is 0.504 e. The summed E-state index contributed by atoms with van der Waals surface area (Å²) < 4.78 is 0. The van der Waals surface area contributed by atoms with Gasteiger partial charge in [0.1, 0.15) is 0 Å². The molecule has 0 amide bonds. The third-order valence-electron chi connectivity index (χ3n) is 3.05. The molecule has 0 aliphatic heterocycles. The van der Waals surface area contributed by atoms with Crippen LogP contribution in [0, 0.1) is 0 Å². The number of phenolic OH excluding ortho intramolecular Hbond substituents is 2. The van der Waals surface area contributed by atoms with E-state index in [9.17, 15) is 10.2 Å². The molecule has 0 atom stereocenters. The van der Waals surface area contributed by atoms with Crippen molar-refractivity contribution >= 4 is 0 Å². The minimum atomic E-state index is -0.442. The summed E-state index contributed by atoms with van der Waals surface area (Å²) >= 11 is 0. The summed E-state index contributed by atoms with van der Waals surface area (Å²) in [6, 6.07) is 4.98. The minimum absolute atomic E-state index is 0.0584. The van der Waals surface area contributed by atoms with Gasteiger partial charge >= 0.3 is 0 Å². The van der Waals surface area contributed by atoms with E-state index in [1.807, 2.05) is 0 Å². The van der Waals surface area contributed by atoms with Crippen molar-refractivity contribution in [3.05, 3.63) is 23.8 Å². The fraction of sp³-hybridized carbons (Fsp3) is 0.455. The van der Waals surface area contributed by atoms with Gasteiger partial charge in [-0.2, -0.15) is 0 Å². The summed E-state index contributed by atoms with van der Waals surface area (Å²) in [5.41, 5.74) is 6.41. The summed E-state index contributed by atoms with van der Waals surface area (Å²) in [4.78, 5) is 0. The Hall–Kier alpha value is -1.22. The van der Waals surface area contributed by atoms with E-state index < -0.39 is 5.54 Å². The van der Waals surface area contributed by atoms with Crippen molar-refractivity contribution in [1.29, 1.82) is 0 Å². The Morgan fingerprint density at radius 3 is 2.43 bits per heavy atom. The zero-order valence-corrected chi connectivity index (χ0v) is 8.03. The van der Waals surface area contributed by atoms with Crippen LogP contribution in [0.25, 0.3) is 0 Å². The SMILES string of the molecule is NC1(c2cccc(O)c2O)CCCC1. The van der Waals surface area contributed by atoms with Crippen molar-refractivity contribution in [2.75, 3.05) is 0 Å². The second-order valence-corrected chi connectivity index (χ2v) is 4.04. The Balaban J connectivity index is 2.45. The molecule has 0 unspecified atom stereocenters. The van der Waals surface area contributed by atoms with Crippen LogP contribution < -0.4 is 5.73 Å². The van der Waals surface area contributed by atoms with E-state index in [4.69, 9.17) is 5.73 Å². The molecule has 0 radical (unpaired) electrons. The molecule has 3 nitrogen and oxygen atoms in total. The van der Waals surface area contributed by atoms with Crippen LogP contribution >= 0.6 is 0 Å². The number of hydrogen-bond donors (Lipinski definition) is 3. The highest BCUT2D eigenvalue weighted by Crippen LogP contribution is 2.42. The number of para-hydroxylation sites is 1. The van der Waals surface area contributed by atoms with Crippen LogP contribution in [0.4, 0.5) is 0 Å². The minimum Gasteiger partial charge on any atom is -0.504 e. The normalized spacial score (nSPS) is 19.8. The van der Waals surface area contributed by atoms with Crippen LogP contribution in [0.1, 0.15) is 31.2 Å². The maximum Gasteiger partial charge on any atom is 0.162 e. The van der Waals surface area contributed by atoms with Gasteiger partial charge < -0.3 is 15.9 Å². The van der Waals surface area contributed by atoms with Crippen LogP contribution in [-0.2, 0) is 5.54 Å². The zero-order valence-electron chi connectivity index (χ0n) is 8.03. The van der Waals surface area contributed by atoms with Crippen molar-refractivity contribution < 1.29 is 10.2 Å². The van der Waals surface area contributed by atoms with Gasteiger partial charge in [0.25, 0.3) is 0 Å². The summed E-state index contributed by atoms with van der Waals surface area (Å²) in [6.07, 6.45) is 3.94. The number of rotatable bonds is 1. The molecular weight excluding hydrogens is 178 g/mol. The molecule has 0 aromatic heterocycles. The van der Waals surface area contributed by atoms with Gasteiger partial charge in [0.15, 0.2) is 11.5 Å². The van der Waals surface area contributed by atoms with Gasteiger partial charge in [0, 0.05) is 11.1 Å². The van der Waals surface area contributed by atoms with Gasteiger partial charge in [-0.05, 0) is 18.9 Å². The fourth-order valence-corrected chi connectivity index (χ4v) is 2.21. The van der Waals surface area contributed by atoms with Crippen LogP contribution in [-0.4, -0.2) is 10.2 Å². The second-order valence-electron chi connectivity index (χ2n) is 4.04. The summed E-state index contributed by atoms with van der Waals surface area (Å²) in [7, 11) is 0. The first-order valence-electron chi connectivity index (χ1n) is 4.94. The number of nitrogens with two attached hydrogens (primary N) is 1. The number of phenols is 2. The maximum absolute atomic E-state index is 9.69. The molecule has 2 rings (SSSR count). The summed E-state index contributed by atoms with van der Waals surface area (Å²) in [5, 5.41) is 19.1. The zero-order chi connectivity index (χ0) is 10.2. The first-order chi connectivity index (χ1) is 6.63. The molecule has 1 saturated carbocycles. The standard InChI is InChI=1S/C11H15NO2/c12-11(6-1-2-7-11)8-4-3-5-9(13)10(8)14/h3-5,13-14H,1-2,6-7,12H2. The molecule has 4 N–H and O–H groups in total. The van der Waals surface area contributed by atoms with E-state index in [1.165, 1.54) is 6.07 Å². The maximum atomic E-state index is 9.69. The lowest BCUT2D eigenvalue weighted by atomic mass is 9.88. The van der Waals surface area contributed by atoms with E-state index in [2.05, 4.69) is 0 Å². The van der Waals surface area contributed by atoms with Crippen LogP contribution in [0.3, 0.4) is 0 Å². The summed E-state index contributed by atoms with van der Waals surface area (Å²) in [6.45, 7) is 0. The highest BCUT2D eigenvalue weighted by atomic mass is 16.3. The Morgan fingerprint density at radius 2 is 1.79 bits per heavy atom. The molecule has 76 valence electrons. The average molecular weight is 193 g/mol. The third-order valence-corrected chi connectivity index (χ3v) is 3.05. The lowest BCUT2D eigenvalue weighted by Crippen LogP contribution is -2.33. The Bertz CT molecular complexity index is 343. The Kier molecular flexibility index (Phi) is 2.11. The van der Waals surface area contributed by atoms with Gasteiger partial charge in [-0.3, -0.25) is 0 Å². The molecule has 1 aliphatic rings. The van der Waals surface area contributed by atoms with Crippen molar-refractivity contribution in [2.45, 2.75) is 31.2 Å². The Morgan fingerprint density at radius 1 is 1.14 bits per heavy atom. The van der Waals surface area contributed by atoms with Crippen molar-refractivity contribution in [3.8, 4) is 11.5 Å². The molecule has 0 saturated heterocycles. The highest BCUT2D eigenvalue weighted by Gasteiger charge is 2.33. The predicted octanol–water partition coefficient (Wildman–Crippen LogP) is 1.83. The topological polar surface area (TPSA) is 66.5 Å². The molecule has 0 spiro atoms. The molecule has 0 bridgehead atoms. The van der Waals surface area contributed by atoms with E-state index in [0.29, 0.717) is 5.56 Å². The molecular formula is C11H15NO2. The second kappa shape index (κ2) is 3.17. The molecule has 0 heterocycles. The Labute approximate surface area is 83.2 Å². The number of hydrogen-bond acceptors (Lipinski definition) is 3. The molecule has 1 aromatic carbocycles. The van der Waals surface area contributed by atoms with E-state index in [0.717, 1.165) is 25.7 Å². The van der Waals surface area contributed by atoms with Crippen LogP contribution in [0.2, 0.25) is 0 Å². The number of aromatic hydroxyl groups is 2. The van der Waals surface area contributed by atoms with Crippen LogP contribution in [0.15, 0.2) is 18.2 Å². The van der Waals surface area contributed by atoms with Gasteiger partial charge in [-0.25, -0.2) is 0 Å². The lowest BCUT2D eigenvalue weighted by molar-refractivity contribution is 0.373. The predicted molar refractivity (Wildman–Crippen MR) is 54.1 cm³/mol. The molecule has 1 fully saturated rings. The monoisotopic (exact) mass is 193 g/mol. The molecule has 1 aromatic rings. The highest BCUT2D eigenvalue weighted by molar-refractivity contribution is 5.48. The van der Waals surface area contributed by atoms with Crippen molar-refractivity contribution in [2.24, 2.45) is 5.73 Å². The number of benzene rings is 1. The molecule has 14 heavy (non-hydrogen) atoms. The van der Waals surface area contributed by atoms with E-state index >= 15 is 0 Å². The van der Waals surface area contributed by atoms with Gasteiger partial charge in [-0.15, -0.1) is 0 Å². The van der Waals surface area contributed by atoms with Gasteiger partial charge in [0.2, 0.25) is 0 Å². The lowest BCUT2D eigenvalue weighted by Gasteiger charge is -2.25.